The Bertz CT molecular complexity index is 1340. The number of aryl methyl sites for hydroxylation is 1. The Balaban J connectivity index is 0.937. The molecule has 3 aliphatic rings. The summed E-state index contributed by atoms with van der Waals surface area (Å²) in [5, 5.41) is 5.35. The quantitative estimate of drug-likeness (QED) is 0.251. The number of hydrogen-bond acceptors (Lipinski definition) is 6. The third kappa shape index (κ3) is 5.70. The maximum atomic E-state index is 15.5. The predicted molar refractivity (Wildman–Crippen MR) is 140 cm³/mol. The van der Waals surface area contributed by atoms with Crippen LogP contribution in [0.4, 0.5) is 17.6 Å². The van der Waals surface area contributed by atoms with Crippen molar-refractivity contribution in [2.75, 3.05) is 26.2 Å². The van der Waals surface area contributed by atoms with Crippen LogP contribution < -0.4 is 4.74 Å². The molecule has 1 aromatic carbocycles. The minimum absolute atomic E-state index is 0.0553. The Morgan fingerprint density at radius 1 is 1.21 bits per heavy atom. The third-order valence-electron chi connectivity index (χ3n) is 8.58. The van der Waals surface area contributed by atoms with E-state index in [2.05, 4.69) is 15.0 Å². The van der Waals surface area contributed by atoms with Gasteiger partial charge in [-0.3, -0.25) is 9.48 Å². The molecule has 2 aliphatic carbocycles. The van der Waals surface area contributed by atoms with Gasteiger partial charge in [-0.05, 0) is 55.9 Å². The topological polar surface area (TPSA) is 60.2 Å². The molecule has 6 rings (SSSR count). The number of nitrogens with zero attached hydrogens (tertiary/aromatic N) is 4. The highest BCUT2D eigenvalue weighted by molar-refractivity contribution is 7.13. The minimum Gasteiger partial charge on any atom is -0.460 e. The summed E-state index contributed by atoms with van der Waals surface area (Å²) in [5.74, 6) is 0.457. The number of ketones is 1. The zero-order chi connectivity index (χ0) is 27.4. The molecule has 1 aliphatic heterocycles. The second kappa shape index (κ2) is 9.83. The number of aromatic nitrogens is 3. The lowest BCUT2D eigenvalue weighted by molar-refractivity contribution is -0.153. The van der Waals surface area contributed by atoms with Gasteiger partial charge in [0, 0.05) is 61.5 Å². The Morgan fingerprint density at radius 3 is 2.74 bits per heavy atom. The van der Waals surface area contributed by atoms with Gasteiger partial charge in [-0.2, -0.15) is 18.3 Å². The Labute approximate surface area is 228 Å². The first-order chi connectivity index (χ1) is 18.5. The first-order valence-electron chi connectivity index (χ1n) is 13.5. The number of carbonyl (C=O) groups is 1. The second-order valence-corrected chi connectivity index (χ2v) is 12.8. The Morgan fingerprint density at radius 2 is 1.97 bits per heavy atom. The van der Waals surface area contributed by atoms with Crippen molar-refractivity contribution in [3.8, 4) is 5.19 Å². The molecule has 0 unspecified atom stereocenters. The van der Waals surface area contributed by atoms with Crippen molar-refractivity contribution in [3.63, 3.8) is 0 Å². The molecule has 6 nitrogen and oxygen atoms in total. The highest BCUT2D eigenvalue weighted by Crippen LogP contribution is 2.65. The lowest BCUT2D eigenvalue weighted by Gasteiger charge is -2.60. The van der Waals surface area contributed by atoms with Gasteiger partial charge in [0.15, 0.2) is 12.4 Å². The van der Waals surface area contributed by atoms with Gasteiger partial charge in [-0.15, -0.1) is 0 Å². The summed E-state index contributed by atoms with van der Waals surface area (Å²) < 4.78 is 59.3. The maximum absolute atomic E-state index is 15.5. The van der Waals surface area contributed by atoms with E-state index in [0.29, 0.717) is 57.5 Å². The van der Waals surface area contributed by atoms with E-state index in [9.17, 15) is 18.0 Å². The van der Waals surface area contributed by atoms with Gasteiger partial charge in [0.1, 0.15) is 5.67 Å². The monoisotopic (exact) mass is 564 g/mol. The number of carbonyl (C=O) groups excluding carboxylic acids is 1. The lowest BCUT2D eigenvalue weighted by Crippen LogP contribution is -2.56. The van der Waals surface area contributed by atoms with Crippen LogP contribution in [0.25, 0.3) is 10.9 Å². The molecular weight excluding hydrogens is 532 g/mol. The molecule has 1 spiro atoms. The smallest absolute Gasteiger partial charge is 0.422 e. The average Bonchev–Trinajstić information content (AvgIpc) is 3.35. The lowest BCUT2D eigenvalue weighted by atomic mass is 9.46. The molecule has 3 heterocycles. The van der Waals surface area contributed by atoms with Crippen molar-refractivity contribution in [2.45, 2.75) is 63.2 Å². The number of rotatable bonds is 8. The van der Waals surface area contributed by atoms with Crippen LogP contribution >= 0.6 is 11.3 Å². The Hall–Kier alpha value is -2.53. The molecule has 0 N–H and O–H groups in total. The molecule has 2 saturated carbocycles. The van der Waals surface area contributed by atoms with Crippen LogP contribution in [0.3, 0.4) is 0 Å². The zero-order valence-electron chi connectivity index (χ0n) is 21.9. The first-order valence-corrected chi connectivity index (χ1v) is 14.3. The highest BCUT2D eigenvalue weighted by atomic mass is 32.1. The van der Waals surface area contributed by atoms with Gasteiger partial charge in [-0.25, -0.2) is 9.37 Å². The summed E-state index contributed by atoms with van der Waals surface area (Å²) >= 11 is 1.18. The van der Waals surface area contributed by atoms with E-state index >= 15 is 4.39 Å². The van der Waals surface area contributed by atoms with Crippen LogP contribution in [-0.4, -0.2) is 63.5 Å². The van der Waals surface area contributed by atoms with Gasteiger partial charge in [0.05, 0.1) is 11.2 Å². The highest BCUT2D eigenvalue weighted by Gasteiger charge is 2.60. The van der Waals surface area contributed by atoms with E-state index < -0.39 is 18.5 Å². The number of thiazole rings is 1. The van der Waals surface area contributed by atoms with E-state index in [-0.39, 0.29) is 16.4 Å². The van der Waals surface area contributed by atoms with E-state index in [1.54, 1.807) is 4.68 Å². The molecular formula is C28H32F4N4O2S. The predicted octanol–water partition coefficient (Wildman–Crippen LogP) is 5.93. The standard InChI is InChI=1S/C28H32F4N4O2S/c1-35-14-20-19(3-2-4-21(20)34-35)23(37)11-18-12-26(13-18)15-27(29,16-26)7-10-36-8-5-22-24(6-9-36)39-25(33-22)38-17-28(30,31)32/h2-4,14,18H,5-13,15-17H2,1H3. The Kier molecular flexibility index (Phi) is 6.73. The van der Waals surface area contributed by atoms with Gasteiger partial charge in [0.2, 0.25) is 0 Å². The molecule has 3 aromatic rings. The first kappa shape index (κ1) is 26.7. The fourth-order valence-electron chi connectivity index (χ4n) is 7.02. The summed E-state index contributed by atoms with van der Waals surface area (Å²) in [6.45, 7) is 0.786. The van der Waals surface area contributed by atoms with Crippen molar-refractivity contribution in [3.05, 3.63) is 40.5 Å². The SMILES string of the molecule is Cn1cc2c(C(=O)CC3CC4(C3)CC(F)(CCN3CCc5nc(OCC(F)(F)F)sc5CC3)C4)cccc2n1. The van der Waals surface area contributed by atoms with E-state index in [4.69, 9.17) is 4.74 Å². The molecule has 2 fully saturated rings. The van der Waals surface area contributed by atoms with Crippen LogP contribution in [0.1, 0.15) is 59.5 Å². The summed E-state index contributed by atoms with van der Waals surface area (Å²) in [6, 6.07) is 5.66. The van der Waals surface area contributed by atoms with Gasteiger partial charge in [0.25, 0.3) is 5.19 Å². The number of fused-ring (bicyclic) bond motifs is 2. The van der Waals surface area contributed by atoms with Gasteiger partial charge < -0.3 is 9.64 Å². The molecule has 0 bridgehead atoms. The van der Waals surface area contributed by atoms with Crippen molar-refractivity contribution < 1.29 is 27.1 Å². The number of Topliss-reactive ketones (excluding diaryl/α,β-unsaturated/α-hetero) is 1. The van der Waals surface area contributed by atoms with Crippen LogP contribution in [0, 0.1) is 11.3 Å². The number of halogens is 4. The number of alkyl halides is 4. The molecule has 0 amide bonds. The minimum atomic E-state index is -4.38. The van der Waals surface area contributed by atoms with E-state index in [1.165, 1.54) is 11.3 Å². The van der Waals surface area contributed by atoms with Gasteiger partial charge in [-0.1, -0.05) is 23.5 Å². The van der Waals surface area contributed by atoms with Gasteiger partial charge >= 0.3 is 6.18 Å². The molecule has 0 atom stereocenters. The normalized spacial score (nSPS) is 27.2. The summed E-state index contributed by atoms with van der Waals surface area (Å²) in [7, 11) is 1.85. The summed E-state index contributed by atoms with van der Waals surface area (Å²) in [5.41, 5.74) is 1.25. The third-order valence-corrected chi connectivity index (χ3v) is 9.65. The van der Waals surface area contributed by atoms with E-state index in [1.807, 2.05) is 31.4 Å². The van der Waals surface area contributed by atoms with Crippen molar-refractivity contribution in [2.24, 2.45) is 18.4 Å². The molecule has 11 heteroatoms. The largest absolute Gasteiger partial charge is 0.460 e. The van der Waals surface area contributed by atoms with Crippen molar-refractivity contribution >= 4 is 28.0 Å². The average molecular weight is 565 g/mol. The molecule has 210 valence electrons. The summed E-state index contributed by atoms with van der Waals surface area (Å²) in [6.07, 6.45) is 2.81. The maximum Gasteiger partial charge on any atom is 0.422 e. The number of hydrogen-bond donors (Lipinski definition) is 0. The van der Waals surface area contributed by atoms with Crippen LogP contribution in [0.2, 0.25) is 0 Å². The molecule has 39 heavy (non-hydrogen) atoms. The zero-order valence-corrected chi connectivity index (χ0v) is 22.7. The second-order valence-electron chi connectivity index (χ2n) is 11.8. The molecule has 0 radical (unpaired) electrons. The van der Waals surface area contributed by atoms with Crippen LogP contribution in [-0.2, 0) is 19.9 Å². The van der Waals surface area contributed by atoms with Crippen molar-refractivity contribution in [1.29, 1.82) is 0 Å². The number of ether oxygens (including phenoxy) is 1. The van der Waals surface area contributed by atoms with E-state index in [0.717, 1.165) is 46.4 Å². The van der Waals surface area contributed by atoms with Crippen molar-refractivity contribution in [1.82, 2.24) is 19.7 Å². The number of benzene rings is 1. The van der Waals surface area contributed by atoms with Crippen LogP contribution in [0.15, 0.2) is 24.4 Å². The molecule has 0 saturated heterocycles. The fraction of sp³-hybridized carbons (Fsp3) is 0.607. The van der Waals surface area contributed by atoms with Crippen LogP contribution in [0.5, 0.6) is 5.19 Å². The summed E-state index contributed by atoms with van der Waals surface area (Å²) in [4.78, 5) is 20.4. The fourth-order valence-corrected chi connectivity index (χ4v) is 7.96. The molecule has 2 aromatic heterocycles.